The molecule has 1 heterocycles. The number of nitrogens with two attached hydrogens (primary N) is 1. The summed E-state index contributed by atoms with van der Waals surface area (Å²) in [6.07, 6.45) is 2.44. The van der Waals surface area contributed by atoms with Gasteiger partial charge in [-0.2, -0.15) is 0 Å². The van der Waals surface area contributed by atoms with Crippen molar-refractivity contribution in [3.63, 3.8) is 0 Å². The Hall–Kier alpha value is -2.70. The smallest absolute Gasteiger partial charge is 0.276 e. The number of nitrogens with zero attached hydrogens (tertiary/aromatic N) is 4. The lowest BCUT2D eigenvalue weighted by Gasteiger charge is -2.20. The Morgan fingerprint density at radius 2 is 1.78 bits per heavy atom. The summed E-state index contributed by atoms with van der Waals surface area (Å²) in [5.41, 5.74) is 9.24. The Kier molecular flexibility index (Phi) is 7.52. The zero-order valence-corrected chi connectivity index (χ0v) is 16.1. The lowest BCUT2D eigenvalue weighted by molar-refractivity contribution is 0.0756. The molecule has 0 bridgehead atoms. The van der Waals surface area contributed by atoms with Crippen molar-refractivity contribution in [1.29, 1.82) is 0 Å². The summed E-state index contributed by atoms with van der Waals surface area (Å²) >= 11 is 0. The van der Waals surface area contributed by atoms with E-state index in [9.17, 15) is 4.79 Å². The van der Waals surface area contributed by atoms with Crippen LogP contribution in [0.15, 0.2) is 60.8 Å². The van der Waals surface area contributed by atoms with E-state index in [1.807, 2.05) is 49.4 Å². The third-order valence-electron chi connectivity index (χ3n) is 4.21. The molecule has 3 aromatic rings. The molecule has 0 unspecified atom stereocenters. The van der Waals surface area contributed by atoms with Crippen LogP contribution in [-0.4, -0.2) is 45.4 Å². The van der Waals surface area contributed by atoms with Gasteiger partial charge in [0.1, 0.15) is 0 Å². The summed E-state index contributed by atoms with van der Waals surface area (Å²) in [5.74, 6) is -0.148. The van der Waals surface area contributed by atoms with Crippen molar-refractivity contribution in [3.8, 4) is 5.69 Å². The highest BCUT2D eigenvalue weighted by Gasteiger charge is 2.19. The van der Waals surface area contributed by atoms with Crippen molar-refractivity contribution in [2.75, 3.05) is 19.6 Å². The molecule has 6 nitrogen and oxygen atoms in total. The summed E-state index contributed by atoms with van der Waals surface area (Å²) in [4.78, 5) is 14.5. The van der Waals surface area contributed by atoms with Crippen LogP contribution in [0.25, 0.3) is 5.69 Å². The monoisotopic (exact) mass is 385 g/mol. The van der Waals surface area contributed by atoms with Crippen LogP contribution in [0.2, 0.25) is 0 Å². The van der Waals surface area contributed by atoms with Crippen molar-refractivity contribution in [2.24, 2.45) is 5.73 Å². The fraction of sp³-hybridized carbons (Fsp3) is 0.250. The lowest BCUT2D eigenvalue weighted by atomic mass is 10.1. The molecule has 27 heavy (non-hydrogen) atoms. The van der Waals surface area contributed by atoms with Crippen molar-refractivity contribution in [1.82, 2.24) is 19.9 Å². The predicted octanol–water partition coefficient (Wildman–Crippen LogP) is 2.64. The van der Waals surface area contributed by atoms with Crippen LogP contribution in [0.4, 0.5) is 0 Å². The van der Waals surface area contributed by atoms with Gasteiger partial charge in [-0.15, -0.1) is 17.5 Å². The molecular formula is C20H24ClN5O. The van der Waals surface area contributed by atoms with Crippen LogP contribution in [0, 0.1) is 6.92 Å². The maximum absolute atomic E-state index is 12.8. The minimum atomic E-state index is -0.148. The van der Waals surface area contributed by atoms with Crippen LogP contribution in [-0.2, 0) is 6.42 Å². The van der Waals surface area contributed by atoms with E-state index in [4.69, 9.17) is 5.73 Å². The Bertz CT molecular complexity index is 848. The Morgan fingerprint density at radius 1 is 1.07 bits per heavy atom. The lowest BCUT2D eigenvalue weighted by Crippen LogP contribution is -2.37. The van der Waals surface area contributed by atoms with Gasteiger partial charge in [0.2, 0.25) is 0 Å². The molecule has 0 aliphatic heterocycles. The van der Waals surface area contributed by atoms with Crippen LogP contribution < -0.4 is 5.73 Å². The number of aryl methyl sites for hydroxylation is 1. The third kappa shape index (κ3) is 5.39. The van der Waals surface area contributed by atoms with E-state index in [-0.39, 0.29) is 18.3 Å². The summed E-state index contributed by atoms with van der Waals surface area (Å²) in [6, 6.07) is 18.0. The van der Waals surface area contributed by atoms with Gasteiger partial charge in [0.25, 0.3) is 5.91 Å². The van der Waals surface area contributed by atoms with E-state index in [1.165, 1.54) is 11.1 Å². The molecule has 2 aromatic carbocycles. The molecule has 1 amide bonds. The SMILES string of the molecule is Cc1ccc(-n2cc(C(=O)N(CCN)CCc3ccccc3)nn2)cc1.Cl. The van der Waals surface area contributed by atoms with Gasteiger partial charge in [-0.1, -0.05) is 53.2 Å². The number of benzene rings is 2. The first-order chi connectivity index (χ1) is 12.7. The number of rotatable bonds is 7. The maximum Gasteiger partial charge on any atom is 0.276 e. The first-order valence-corrected chi connectivity index (χ1v) is 8.70. The van der Waals surface area contributed by atoms with Crippen LogP contribution in [0.3, 0.4) is 0 Å². The molecule has 0 spiro atoms. The molecule has 142 valence electrons. The van der Waals surface area contributed by atoms with Crippen LogP contribution in [0.5, 0.6) is 0 Å². The Labute approximate surface area is 165 Å². The summed E-state index contributed by atoms with van der Waals surface area (Å²) in [5, 5.41) is 8.14. The van der Waals surface area contributed by atoms with Crippen molar-refractivity contribution in [2.45, 2.75) is 13.3 Å². The average molecular weight is 386 g/mol. The number of carbonyl (C=O) groups excluding carboxylic acids is 1. The van der Waals surface area contributed by atoms with Crippen molar-refractivity contribution < 1.29 is 4.79 Å². The van der Waals surface area contributed by atoms with Gasteiger partial charge in [-0.25, -0.2) is 4.68 Å². The second kappa shape index (κ2) is 9.85. The Morgan fingerprint density at radius 3 is 2.44 bits per heavy atom. The average Bonchev–Trinajstić information content (AvgIpc) is 3.16. The van der Waals surface area contributed by atoms with Crippen LogP contribution >= 0.6 is 12.4 Å². The molecule has 0 fully saturated rings. The van der Waals surface area contributed by atoms with Gasteiger partial charge in [0.15, 0.2) is 5.69 Å². The normalized spacial score (nSPS) is 10.3. The van der Waals surface area contributed by atoms with E-state index in [0.29, 0.717) is 25.3 Å². The molecule has 0 radical (unpaired) electrons. The molecule has 0 aliphatic carbocycles. The molecule has 2 N–H and O–H groups in total. The fourth-order valence-corrected chi connectivity index (χ4v) is 2.73. The molecule has 0 atom stereocenters. The molecule has 3 rings (SSSR count). The van der Waals surface area contributed by atoms with E-state index in [0.717, 1.165) is 12.1 Å². The summed E-state index contributed by atoms with van der Waals surface area (Å²) in [7, 11) is 0. The standard InChI is InChI=1S/C20H23N5O.ClH/c1-16-7-9-18(10-8-16)25-15-19(22-23-25)20(26)24(14-12-21)13-11-17-5-3-2-4-6-17;/h2-10,15H,11-14,21H2,1H3;1H. The highest BCUT2D eigenvalue weighted by Crippen LogP contribution is 2.10. The van der Waals surface area contributed by atoms with Crippen LogP contribution in [0.1, 0.15) is 21.6 Å². The minimum absolute atomic E-state index is 0. The second-order valence-electron chi connectivity index (χ2n) is 6.20. The number of aromatic nitrogens is 3. The minimum Gasteiger partial charge on any atom is -0.336 e. The van der Waals surface area contributed by atoms with E-state index >= 15 is 0 Å². The number of halogens is 1. The number of amides is 1. The highest BCUT2D eigenvalue weighted by molar-refractivity contribution is 5.92. The van der Waals surface area contributed by atoms with Gasteiger partial charge >= 0.3 is 0 Å². The molecule has 1 aromatic heterocycles. The van der Waals surface area contributed by atoms with Gasteiger partial charge in [0, 0.05) is 19.6 Å². The van der Waals surface area contributed by atoms with Crippen molar-refractivity contribution >= 4 is 18.3 Å². The second-order valence-corrected chi connectivity index (χ2v) is 6.20. The van der Waals surface area contributed by atoms with Gasteiger partial charge in [0.05, 0.1) is 11.9 Å². The maximum atomic E-state index is 12.8. The summed E-state index contributed by atoms with van der Waals surface area (Å²) < 4.78 is 1.62. The zero-order valence-electron chi connectivity index (χ0n) is 15.3. The first kappa shape index (κ1) is 20.6. The third-order valence-corrected chi connectivity index (χ3v) is 4.21. The molecule has 0 saturated carbocycles. The Balaban J connectivity index is 0.00000261. The molecule has 0 saturated heterocycles. The topological polar surface area (TPSA) is 77.0 Å². The van der Waals surface area contributed by atoms with E-state index in [2.05, 4.69) is 22.4 Å². The van der Waals surface area contributed by atoms with E-state index in [1.54, 1.807) is 15.8 Å². The largest absolute Gasteiger partial charge is 0.336 e. The first-order valence-electron chi connectivity index (χ1n) is 8.70. The van der Waals surface area contributed by atoms with Gasteiger partial charge in [-0.3, -0.25) is 4.79 Å². The fourth-order valence-electron chi connectivity index (χ4n) is 2.73. The predicted molar refractivity (Wildman–Crippen MR) is 108 cm³/mol. The van der Waals surface area contributed by atoms with Gasteiger partial charge < -0.3 is 10.6 Å². The number of carbonyl (C=O) groups is 1. The number of hydrogen-bond donors (Lipinski definition) is 1. The number of hydrogen-bond acceptors (Lipinski definition) is 4. The molecular weight excluding hydrogens is 362 g/mol. The van der Waals surface area contributed by atoms with E-state index < -0.39 is 0 Å². The molecule has 7 heteroatoms. The molecule has 0 aliphatic rings. The van der Waals surface area contributed by atoms with Crippen molar-refractivity contribution in [3.05, 3.63) is 77.6 Å². The zero-order chi connectivity index (χ0) is 18.4. The van der Waals surface area contributed by atoms with Gasteiger partial charge in [-0.05, 0) is 31.0 Å². The quantitative estimate of drug-likeness (QED) is 0.678. The summed E-state index contributed by atoms with van der Waals surface area (Å²) in [6.45, 7) is 3.52. The highest BCUT2D eigenvalue weighted by atomic mass is 35.5.